The fraction of sp³-hybridized carbons (Fsp3) is 0.462. The molecular weight excluding hydrogens is 236 g/mol. The third-order valence-electron chi connectivity index (χ3n) is 2.32. The molecule has 1 aromatic rings. The number of rotatable bonds is 4. The molecule has 0 fully saturated rings. The fourth-order valence-electron chi connectivity index (χ4n) is 1.36. The van der Waals surface area contributed by atoms with Crippen molar-refractivity contribution < 1.29 is 4.79 Å². The molecule has 94 valence electrons. The minimum Gasteiger partial charge on any atom is -0.385 e. The minimum absolute atomic E-state index is 0.0804. The van der Waals surface area contributed by atoms with Gasteiger partial charge in [0.25, 0.3) is 5.91 Å². The Morgan fingerprint density at radius 2 is 2.06 bits per heavy atom. The number of hydrogen-bond acceptors (Lipinski definition) is 2. The lowest BCUT2D eigenvalue weighted by atomic mass is 10.1. The van der Waals surface area contributed by atoms with Gasteiger partial charge in [-0.2, -0.15) is 0 Å². The quantitative estimate of drug-likeness (QED) is 0.896. The summed E-state index contributed by atoms with van der Waals surface area (Å²) in [7, 11) is 3.43. The summed E-state index contributed by atoms with van der Waals surface area (Å²) in [4.78, 5) is 13.4. The predicted molar refractivity (Wildman–Crippen MR) is 72.8 cm³/mol. The SMILES string of the molecule is CC(C)CNc1ccc(Cl)c(C(=O)N(C)C)c1. The van der Waals surface area contributed by atoms with Crippen molar-refractivity contribution in [1.29, 1.82) is 0 Å². The summed E-state index contributed by atoms with van der Waals surface area (Å²) in [6.45, 7) is 5.14. The number of benzene rings is 1. The number of carbonyl (C=O) groups excluding carboxylic acids is 1. The van der Waals surface area contributed by atoms with Crippen LogP contribution in [0.1, 0.15) is 24.2 Å². The molecule has 0 unspecified atom stereocenters. The van der Waals surface area contributed by atoms with Crippen molar-refractivity contribution in [3.8, 4) is 0 Å². The van der Waals surface area contributed by atoms with Gasteiger partial charge in [-0.25, -0.2) is 0 Å². The molecule has 0 spiro atoms. The van der Waals surface area contributed by atoms with Gasteiger partial charge in [0.15, 0.2) is 0 Å². The summed E-state index contributed by atoms with van der Waals surface area (Å²) in [5.41, 5.74) is 1.46. The second-order valence-electron chi connectivity index (χ2n) is 4.67. The summed E-state index contributed by atoms with van der Waals surface area (Å²) < 4.78 is 0. The summed E-state index contributed by atoms with van der Waals surface area (Å²) in [5.74, 6) is 0.474. The van der Waals surface area contributed by atoms with Crippen molar-refractivity contribution in [3.05, 3.63) is 28.8 Å². The lowest BCUT2D eigenvalue weighted by Gasteiger charge is -2.14. The Morgan fingerprint density at radius 3 is 2.59 bits per heavy atom. The molecule has 1 amide bonds. The zero-order chi connectivity index (χ0) is 13.0. The molecular formula is C13H19ClN2O. The Bertz CT molecular complexity index is 402. The normalized spacial score (nSPS) is 10.5. The van der Waals surface area contributed by atoms with Gasteiger partial charge in [0.2, 0.25) is 0 Å². The van der Waals surface area contributed by atoms with Crippen LogP contribution < -0.4 is 5.32 Å². The van der Waals surface area contributed by atoms with Crippen molar-refractivity contribution in [1.82, 2.24) is 4.90 Å². The number of amides is 1. The van der Waals surface area contributed by atoms with Crippen molar-refractivity contribution in [3.63, 3.8) is 0 Å². The highest BCUT2D eigenvalue weighted by Crippen LogP contribution is 2.21. The second kappa shape index (κ2) is 5.92. The largest absolute Gasteiger partial charge is 0.385 e. The molecule has 0 heterocycles. The van der Waals surface area contributed by atoms with Crippen LogP contribution in [0.25, 0.3) is 0 Å². The number of nitrogens with one attached hydrogen (secondary N) is 1. The van der Waals surface area contributed by atoms with E-state index in [0.717, 1.165) is 12.2 Å². The maximum Gasteiger partial charge on any atom is 0.254 e. The first-order valence-electron chi connectivity index (χ1n) is 5.67. The van der Waals surface area contributed by atoms with Gasteiger partial charge in [0.05, 0.1) is 10.6 Å². The van der Waals surface area contributed by atoms with E-state index in [4.69, 9.17) is 11.6 Å². The molecule has 0 saturated heterocycles. The molecule has 0 aliphatic rings. The van der Waals surface area contributed by atoms with Gasteiger partial charge in [0, 0.05) is 26.3 Å². The number of anilines is 1. The summed E-state index contributed by atoms with van der Waals surface area (Å²) in [6.07, 6.45) is 0. The topological polar surface area (TPSA) is 32.3 Å². The molecule has 1 N–H and O–H groups in total. The van der Waals surface area contributed by atoms with E-state index in [1.165, 1.54) is 4.90 Å². The third kappa shape index (κ3) is 3.93. The van der Waals surface area contributed by atoms with Gasteiger partial charge in [-0.15, -0.1) is 0 Å². The first kappa shape index (κ1) is 13.8. The average Bonchev–Trinajstić information content (AvgIpc) is 2.26. The van der Waals surface area contributed by atoms with E-state index in [-0.39, 0.29) is 5.91 Å². The van der Waals surface area contributed by atoms with Crippen LogP contribution in [-0.2, 0) is 0 Å². The highest BCUT2D eigenvalue weighted by atomic mass is 35.5. The predicted octanol–water partition coefficient (Wildman–Crippen LogP) is 3.11. The molecule has 0 saturated carbocycles. The Hall–Kier alpha value is -1.22. The molecule has 1 aromatic carbocycles. The smallest absolute Gasteiger partial charge is 0.254 e. The zero-order valence-corrected chi connectivity index (χ0v) is 11.5. The Balaban J connectivity index is 2.90. The van der Waals surface area contributed by atoms with E-state index in [0.29, 0.717) is 16.5 Å². The van der Waals surface area contributed by atoms with Gasteiger partial charge >= 0.3 is 0 Å². The maximum absolute atomic E-state index is 11.9. The van der Waals surface area contributed by atoms with Crippen LogP contribution in [0, 0.1) is 5.92 Å². The van der Waals surface area contributed by atoms with Crippen LogP contribution in [0.4, 0.5) is 5.69 Å². The molecule has 0 radical (unpaired) electrons. The van der Waals surface area contributed by atoms with Gasteiger partial charge in [-0.05, 0) is 24.1 Å². The summed E-state index contributed by atoms with van der Waals surface area (Å²) >= 11 is 6.02. The number of carbonyl (C=O) groups is 1. The Kier molecular flexibility index (Phi) is 4.82. The average molecular weight is 255 g/mol. The van der Waals surface area contributed by atoms with Gasteiger partial charge in [0.1, 0.15) is 0 Å². The van der Waals surface area contributed by atoms with E-state index in [2.05, 4.69) is 19.2 Å². The van der Waals surface area contributed by atoms with Gasteiger partial charge < -0.3 is 10.2 Å². The lowest BCUT2D eigenvalue weighted by molar-refractivity contribution is 0.0828. The van der Waals surface area contributed by atoms with E-state index in [1.807, 2.05) is 6.07 Å². The number of nitrogens with zero attached hydrogens (tertiary/aromatic N) is 1. The molecule has 4 heteroatoms. The molecule has 0 aliphatic carbocycles. The van der Waals surface area contributed by atoms with Crippen LogP contribution in [0.5, 0.6) is 0 Å². The highest BCUT2D eigenvalue weighted by Gasteiger charge is 2.12. The highest BCUT2D eigenvalue weighted by molar-refractivity contribution is 6.34. The van der Waals surface area contributed by atoms with Gasteiger partial charge in [-0.1, -0.05) is 25.4 Å². The molecule has 3 nitrogen and oxygen atoms in total. The molecule has 0 atom stereocenters. The first-order chi connectivity index (χ1) is 7.91. The van der Waals surface area contributed by atoms with Crippen molar-refractivity contribution >= 4 is 23.2 Å². The van der Waals surface area contributed by atoms with Crippen molar-refractivity contribution in [2.75, 3.05) is 26.0 Å². The summed E-state index contributed by atoms with van der Waals surface area (Å²) in [5, 5.41) is 3.76. The van der Waals surface area contributed by atoms with Crippen molar-refractivity contribution in [2.24, 2.45) is 5.92 Å². The van der Waals surface area contributed by atoms with E-state index in [9.17, 15) is 4.79 Å². The Labute approximate surface area is 108 Å². The van der Waals surface area contributed by atoms with E-state index < -0.39 is 0 Å². The number of halogens is 1. The van der Waals surface area contributed by atoms with Crippen LogP contribution in [0.15, 0.2) is 18.2 Å². The molecule has 0 bridgehead atoms. The van der Waals surface area contributed by atoms with Crippen LogP contribution >= 0.6 is 11.6 Å². The number of hydrogen-bond donors (Lipinski definition) is 1. The van der Waals surface area contributed by atoms with Gasteiger partial charge in [-0.3, -0.25) is 4.79 Å². The monoisotopic (exact) mass is 254 g/mol. The fourth-order valence-corrected chi connectivity index (χ4v) is 1.56. The standard InChI is InChI=1S/C13H19ClN2O/c1-9(2)8-15-10-5-6-12(14)11(7-10)13(17)16(3)4/h5-7,9,15H,8H2,1-4H3. The molecule has 0 aromatic heterocycles. The maximum atomic E-state index is 11.9. The molecule has 0 aliphatic heterocycles. The van der Waals surface area contributed by atoms with Crippen molar-refractivity contribution in [2.45, 2.75) is 13.8 Å². The zero-order valence-electron chi connectivity index (χ0n) is 10.7. The summed E-state index contributed by atoms with van der Waals surface area (Å²) in [6, 6.07) is 5.44. The lowest BCUT2D eigenvalue weighted by Crippen LogP contribution is -2.22. The Morgan fingerprint density at radius 1 is 1.41 bits per heavy atom. The van der Waals surface area contributed by atoms with Crippen LogP contribution in [0.3, 0.4) is 0 Å². The molecule has 1 rings (SSSR count). The molecule has 17 heavy (non-hydrogen) atoms. The third-order valence-corrected chi connectivity index (χ3v) is 2.65. The van der Waals surface area contributed by atoms with Crippen LogP contribution in [-0.4, -0.2) is 31.4 Å². The van der Waals surface area contributed by atoms with E-state index >= 15 is 0 Å². The second-order valence-corrected chi connectivity index (χ2v) is 5.08. The van der Waals surface area contributed by atoms with E-state index in [1.54, 1.807) is 26.2 Å². The first-order valence-corrected chi connectivity index (χ1v) is 6.04. The minimum atomic E-state index is -0.0804. The van der Waals surface area contributed by atoms with Crippen LogP contribution in [0.2, 0.25) is 5.02 Å².